The van der Waals surface area contributed by atoms with Gasteiger partial charge in [0.05, 0.1) is 12.1 Å². The number of aryl methyl sites for hydroxylation is 2. The van der Waals surface area contributed by atoms with Crippen molar-refractivity contribution in [2.45, 2.75) is 26.3 Å². The van der Waals surface area contributed by atoms with E-state index >= 15 is 0 Å². The van der Waals surface area contributed by atoms with Crippen molar-refractivity contribution in [2.24, 2.45) is 0 Å². The smallest absolute Gasteiger partial charge is 0.128 e. The van der Waals surface area contributed by atoms with Crippen molar-refractivity contribution in [2.75, 3.05) is 6.61 Å². The largest absolute Gasteiger partial charge is 0.493 e. The van der Waals surface area contributed by atoms with Crippen LogP contribution in [0.15, 0.2) is 48.0 Å². The van der Waals surface area contributed by atoms with Crippen molar-refractivity contribution in [3.63, 3.8) is 0 Å². The minimum atomic E-state index is 0.777. The molecule has 20 heavy (non-hydrogen) atoms. The molecule has 0 saturated heterocycles. The van der Waals surface area contributed by atoms with E-state index in [1.807, 2.05) is 11.3 Å². The monoisotopic (exact) mass is 285 g/mol. The van der Waals surface area contributed by atoms with Crippen LogP contribution in [-0.2, 0) is 13.0 Å². The summed E-state index contributed by atoms with van der Waals surface area (Å²) in [6.45, 7) is 3.92. The molecule has 0 saturated carbocycles. The summed E-state index contributed by atoms with van der Waals surface area (Å²) >= 11 is 1.83. The van der Waals surface area contributed by atoms with Crippen LogP contribution < -0.4 is 4.74 Å². The van der Waals surface area contributed by atoms with Crippen LogP contribution in [0.5, 0.6) is 5.75 Å². The first-order chi connectivity index (χ1) is 9.88. The molecular formula is C17H19NOS. The van der Waals surface area contributed by atoms with E-state index < -0.39 is 0 Å². The molecule has 3 aromatic rings. The Morgan fingerprint density at radius 3 is 2.90 bits per heavy atom. The van der Waals surface area contributed by atoms with Crippen LogP contribution in [0.3, 0.4) is 0 Å². The summed E-state index contributed by atoms with van der Waals surface area (Å²) < 4.78 is 8.13. The second-order valence-corrected chi connectivity index (χ2v) is 5.91. The molecule has 2 nitrogen and oxygen atoms in total. The fraction of sp³-hybridized carbons (Fsp3) is 0.294. The number of thiophene rings is 1. The summed E-state index contributed by atoms with van der Waals surface area (Å²) in [4.78, 5) is 1.44. The maximum absolute atomic E-state index is 5.82. The Morgan fingerprint density at radius 1 is 1.15 bits per heavy atom. The first-order valence-corrected chi connectivity index (χ1v) is 7.99. The van der Waals surface area contributed by atoms with E-state index in [0.29, 0.717) is 0 Å². The molecule has 0 amide bonds. The topological polar surface area (TPSA) is 14.2 Å². The van der Waals surface area contributed by atoms with Gasteiger partial charge in [-0.05, 0) is 42.5 Å². The summed E-state index contributed by atoms with van der Waals surface area (Å²) in [5, 5.41) is 3.35. The van der Waals surface area contributed by atoms with Gasteiger partial charge in [-0.2, -0.15) is 0 Å². The van der Waals surface area contributed by atoms with E-state index in [0.717, 1.165) is 31.7 Å². The molecule has 0 fully saturated rings. The Kier molecular flexibility index (Phi) is 4.07. The van der Waals surface area contributed by atoms with Crippen LogP contribution in [0.1, 0.15) is 18.2 Å². The van der Waals surface area contributed by atoms with E-state index in [-0.39, 0.29) is 0 Å². The minimum absolute atomic E-state index is 0.777. The summed E-state index contributed by atoms with van der Waals surface area (Å²) in [5.41, 5.74) is 1.26. The first-order valence-electron chi connectivity index (χ1n) is 7.11. The van der Waals surface area contributed by atoms with Gasteiger partial charge in [0.25, 0.3) is 0 Å². The molecule has 0 aliphatic heterocycles. The SMILES string of the molecule is CCCOc1cccc2c1ccn2CCc1cccs1. The van der Waals surface area contributed by atoms with Gasteiger partial charge in [0, 0.05) is 23.0 Å². The number of ether oxygens (including phenoxy) is 1. The van der Waals surface area contributed by atoms with Crippen molar-refractivity contribution in [3.8, 4) is 5.75 Å². The molecule has 0 N–H and O–H groups in total. The van der Waals surface area contributed by atoms with Gasteiger partial charge in [0.15, 0.2) is 0 Å². The highest BCUT2D eigenvalue weighted by Gasteiger charge is 2.06. The van der Waals surface area contributed by atoms with Crippen LogP contribution in [0.2, 0.25) is 0 Å². The van der Waals surface area contributed by atoms with Gasteiger partial charge in [0.2, 0.25) is 0 Å². The van der Waals surface area contributed by atoms with Crippen molar-refractivity contribution in [3.05, 3.63) is 52.9 Å². The summed E-state index contributed by atoms with van der Waals surface area (Å²) in [7, 11) is 0. The minimum Gasteiger partial charge on any atom is -0.493 e. The molecule has 3 heteroatoms. The number of hydrogen-bond donors (Lipinski definition) is 0. The average molecular weight is 285 g/mol. The molecule has 0 unspecified atom stereocenters. The Morgan fingerprint density at radius 2 is 2.10 bits per heavy atom. The fourth-order valence-electron chi connectivity index (χ4n) is 2.41. The zero-order valence-corrected chi connectivity index (χ0v) is 12.5. The van der Waals surface area contributed by atoms with Crippen molar-refractivity contribution in [1.82, 2.24) is 4.57 Å². The molecular weight excluding hydrogens is 266 g/mol. The predicted molar refractivity (Wildman–Crippen MR) is 85.7 cm³/mol. The second kappa shape index (κ2) is 6.14. The maximum Gasteiger partial charge on any atom is 0.128 e. The molecule has 0 atom stereocenters. The summed E-state index contributed by atoms with van der Waals surface area (Å²) in [5.74, 6) is 0.999. The standard InChI is InChI=1S/C17H19NOS/c1-2-12-19-17-7-3-6-16-15(17)9-11-18(16)10-8-14-5-4-13-20-14/h3-7,9,11,13H,2,8,10,12H2,1H3. The van der Waals surface area contributed by atoms with Crippen LogP contribution in [0, 0.1) is 0 Å². The fourth-order valence-corrected chi connectivity index (χ4v) is 3.11. The van der Waals surface area contributed by atoms with Crippen LogP contribution in [0.4, 0.5) is 0 Å². The zero-order chi connectivity index (χ0) is 13.8. The van der Waals surface area contributed by atoms with Gasteiger partial charge in [-0.1, -0.05) is 19.1 Å². The number of benzene rings is 1. The summed E-state index contributed by atoms with van der Waals surface area (Å²) in [6.07, 6.45) is 4.29. The van der Waals surface area contributed by atoms with Crippen molar-refractivity contribution >= 4 is 22.2 Å². The molecule has 2 heterocycles. The van der Waals surface area contributed by atoms with E-state index in [1.54, 1.807) is 0 Å². The number of nitrogens with zero attached hydrogens (tertiary/aromatic N) is 1. The van der Waals surface area contributed by atoms with Crippen molar-refractivity contribution in [1.29, 1.82) is 0 Å². The second-order valence-electron chi connectivity index (χ2n) is 4.88. The Hall–Kier alpha value is -1.74. The van der Waals surface area contributed by atoms with E-state index in [4.69, 9.17) is 4.74 Å². The van der Waals surface area contributed by atoms with E-state index in [9.17, 15) is 0 Å². The Bertz CT molecular complexity index is 669. The summed E-state index contributed by atoms with van der Waals surface area (Å²) in [6, 6.07) is 12.8. The highest BCUT2D eigenvalue weighted by atomic mass is 32.1. The molecule has 104 valence electrons. The van der Waals surface area contributed by atoms with Crippen LogP contribution in [0.25, 0.3) is 10.9 Å². The van der Waals surface area contributed by atoms with Gasteiger partial charge in [-0.3, -0.25) is 0 Å². The van der Waals surface area contributed by atoms with E-state index in [2.05, 4.69) is 59.5 Å². The molecule has 2 aromatic heterocycles. The molecule has 0 radical (unpaired) electrons. The van der Waals surface area contributed by atoms with E-state index in [1.165, 1.54) is 15.8 Å². The third kappa shape index (κ3) is 2.73. The van der Waals surface area contributed by atoms with Crippen LogP contribution in [-0.4, -0.2) is 11.2 Å². The quantitative estimate of drug-likeness (QED) is 0.638. The molecule has 3 rings (SSSR count). The first kappa shape index (κ1) is 13.3. The highest BCUT2D eigenvalue weighted by molar-refractivity contribution is 7.09. The Balaban J connectivity index is 1.81. The number of fused-ring (bicyclic) bond motifs is 1. The van der Waals surface area contributed by atoms with Gasteiger partial charge >= 0.3 is 0 Å². The molecule has 0 aliphatic rings. The molecule has 0 spiro atoms. The number of aromatic nitrogens is 1. The number of hydrogen-bond acceptors (Lipinski definition) is 2. The third-order valence-corrected chi connectivity index (χ3v) is 4.35. The third-order valence-electron chi connectivity index (χ3n) is 3.41. The molecule has 0 aliphatic carbocycles. The highest BCUT2D eigenvalue weighted by Crippen LogP contribution is 2.27. The lowest BCUT2D eigenvalue weighted by atomic mass is 10.2. The molecule has 1 aromatic carbocycles. The van der Waals surface area contributed by atoms with Crippen LogP contribution >= 0.6 is 11.3 Å². The van der Waals surface area contributed by atoms with Crippen molar-refractivity contribution < 1.29 is 4.74 Å². The average Bonchev–Trinajstić information content (AvgIpc) is 3.12. The normalized spacial score (nSPS) is 11.1. The Labute approximate surface area is 123 Å². The lowest BCUT2D eigenvalue weighted by molar-refractivity contribution is 0.321. The zero-order valence-electron chi connectivity index (χ0n) is 11.7. The van der Waals surface area contributed by atoms with Gasteiger partial charge < -0.3 is 9.30 Å². The maximum atomic E-state index is 5.82. The van der Waals surface area contributed by atoms with Gasteiger partial charge in [-0.15, -0.1) is 11.3 Å². The molecule has 0 bridgehead atoms. The lowest BCUT2D eigenvalue weighted by Crippen LogP contribution is -1.99. The number of rotatable bonds is 6. The lowest BCUT2D eigenvalue weighted by Gasteiger charge is -2.08. The van der Waals surface area contributed by atoms with Gasteiger partial charge in [-0.25, -0.2) is 0 Å². The predicted octanol–water partition coefficient (Wildman–Crippen LogP) is 4.73. The van der Waals surface area contributed by atoms with Gasteiger partial charge in [0.1, 0.15) is 5.75 Å².